The van der Waals surface area contributed by atoms with Crippen LogP contribution in [0.4, 0.5) is 10.3 Å². The quantitative estimate of drug-likeness (QED) is 0.730. The molecule has 1 saturated heterocycles. The van der Waals surface area contributed by atoms with Crippen molar-refractivity contribution < 1.29 is 9.13 Å². The minimum absolute atomic E-state index is 0.0826. The van der Waals surface area contributed by atoms with Gasteiger partial charge in [-0.1, -0.05) is 6.07 Å². The second kappa shape index (κ2) is 8.00. The molecular formula is C21H22FN5O2. The Morgan fingerprint density at radius 3 is 2.76 bits per heavy atom. The van der Waals surface area contributed by atoms with Gasteiger partial charge in [0.05, 0.1) is 18.8 Å². The number of nitrogens with zero attached hydrogens (tertiary/aromatic N) is 4. The first-order chi connectivity index (χ1) is 14.1. The lowest BCUT2D eigenvalue weighted by Gasteiger charge is -2.35. The van der Waals surface area contributed by atoms with Gasteiger partial charge in [-0.25, -0.2) is 9.37 Å². The molecule has 7 nitrogen and oxygen atoms in total. The Morgan fingerprint density at radius 1 is 1.21 bits per heavy atom. The van der Waals surface area contributed by atoms with Crippen LogP contribution in [-0.4, -0.2) is 41.3 Å². The molecule has 0 saturated carbocycles. The van der Waals surface area contributed by atoms with Crippen LogP contribution in [0.25, 0.3) is 11.3 Å². The maximum atomic E-state index is 13.6. The number of methoxy groups -OCH3 is 1. The van der Waals surface area contributed by atoms with E-state index in [9.17, 15) is 9.18 Å². The van der Waals surface area contributed by atoms with Crippen molar-refractivity contribution >= 4 is 5.95 Å². The van der Waals surface area contributed by atoms with Gasteiger partial charge in [-0.2, -0.15) is 0 Å². The summed E-state index contributed by atoms with van der Waals surface area (Å²) in [5, 5.41) is 3.44. The van der Waals surface area contributed by atoms with Crippen LogP contribution in [0, 0.1) is 5.82 Å². The summed E-state index contributed by atoms with van der Waals surface area (Å²) < 4.78 is 20.5. The van der Waals surface area contributed by atoms with E-state index in [1.54, 1.807) is 30.1 Å². The summed E-state index contributed by atoms with van der Waals surface area (Å²) in [7, 11) is 3.25. The summed E-state index contributed by atoms with van der Waals surface area (Å²) in [6.07, 6.45) is 3.35. The van der Waals surface area contributed by atoms with Gasteiger partial charge < -0.3 is 15.0 Å². The minimum Gasteiger partial charge on any atom is -0.496 e. The standard InChI is InChI=1S/C21H22FN5O2/c1-26-20(28)12-17(14-5-7-23-8-6-14)25-21(26)27-10-9-24-18(13-27)16-4-3-15(22)11-19(16)29-2/h3-8,11-12,18,24H,9-10,13H2,1-2H3/t18-/m0/s1. The Labute approximate surface area is 167 Å². The molecule has 2 aromatic heterocycles. The third-order valence-corrected chi connectivity index (χ3v) is 5.12. The van der Waals surface area contributed by atoms with Crippen LogP contribution in [0.5, 0.6) is 5.75 Å². The van der Waals surface area contributed by atoms with Gasteiger partial charge in [0.1, 0.15) is 11.6 Å². The summed E-state index contributed by atoms with van der Waals surface area (Å²) >= 11 is 0. The van der Waals surface area contributed by atoms with Crippen LogP contribution in [-0.2, 0) is 7.05 Å². The summed E-state index contributed by atoms with van der Waals surface area (Å²) in [4.78, 5) is 23.4. The summed E-state index contributed by atoms with van der Waals surface area (Å²) in [5.74, 6) is 0.751. The van der Waals surface area contributed by atoms with Crippen molar-refractivity contribution in [3.8, 4) is 17.0 Å². The molecule has 1 N–H and O–H groups in total. The largest absolute Gasteiger partial charge is 0.496 e. The van der Waals surface area contributed by atoms with Crippen LogP contribution in [0.1, 0.15) is 11.6 Å². The number of rotatable bonds is 4. The highest BCUT2D eigenvalue weighted by Gasteiger charge is 2.26. The van der Waals surface area contributed by atoms with Crippen LogP contribution < -0.4 is 20.5 Å². The molecule has 0 unspecified atom stereocenters. The van der Waals surface area contributed by atoms with Crippen molar-refractivity contribution in [2.75, 3.05) is 31.6 Å². The van der Waals surface area contributed by atoms with E-state index in [-0.39, 0.29) is 17.4 Å². The smallest absolute Gasteiger partial charge is 0.255 e. The first-order valence-electron chi connectivity index (χ1n) is 9.37. The number of ether oxygens (including phenoxy) is 1. The SMILES string of the molecule is COc1cc(F)ccc1[C@@H]1CN(c2nc(-c3ccncc3)cc(=O)n2C)CCN1. The lowest BCUT2D eigenvalue weighted by Crippen LogP contribution is -2.47. The highest BCUT2D eigenvalue weighted by atomic mass is 19.1. The Bertz CT molecular complexity index is 1070. The average Bonchev–Trinajstić information content (AvgIpc) is 2.76. The fraction of sp³-hybridized carbons (Fsp3) is 0.286. The number of piperazine rings is 1. The molecule has 1 aliphatic rings. The second-order valence-electron chi connectivity index (χ2n) is 6.91. The number of hydrogen-bond donors (Lipinski definition) is 1. The van der Waals surface area contributed by atoms with E-state index in [0.29, 0.717) is 37.0 Å². The number of anilines is 1. The van der Waals surface area contributed by atoms with Gasteiger partial charge in [0.15, 0.2) is 0 Å². The van der Waals surface area contributed by atoms with E-state index in [4.69, 9.17) is 9.72 Å². The van der Waals surface area contributed by atoms with Gasteiger partial charge in [0.2, 0.25) is 5.95 Å². The van der Waals surface area contributed by atoms with Gasteiger partial charge in [0.25, 0.3) is 5.56 Å². The van der Waals surface area contributed by atoms with Crippen molar-refractivity contribution in [2.45, 2.75) is 6.04 Å². The lowest BCUT2D eigenvalue weighted by molar-refractivity contribution is 0.387. The highest BCUT2D eigenvalue weighted by Crippen LogP contribution is 2.29. The molecule has 1 fully saturated rings. The fourth-order valence-corrected chi connectivity index (χ4v) is 3.59. The zero-order chi connectivity index (χ0) is 20.4. The van der Waals surface area contributed by atoms with E-state index in [2.05, 4.69) is 15.2 Å². The first kappa shape index (κ1) is 19.1. The molecule has 150 valence electrons. The Hall–Kier alpha value is -3.26. The number of nitrogens with one attached hydrogen (secondary N) is 1. The fourth-order valence-electron chi connectivity index (χ4n) is 3.59. The van der Waals surface area contributed by atoms with E-state index in [0.717, 1.165) is 11.1 Å². The Balaban J connectivity index is 1.68. The van der Waals surface area contributed by atoms with E-state index >= 15 is 0 Å². The zero-order valence-electron chi connectivity index (χ0n) is 16.3. The number of pyridine rings is 1. The van der Waals surface area contributed by atoms with Gasteiger partial charge >= 0.3 is 0 Å². The van der Waals surface area contributed by atoms with E-state index in [1.165, 1.54) is 25.3 Å². The van der Waals surface area contributed by atoms with E-state index in [1.807, 2.05) is 12.1 Å². The highest BCUT2D eigenvalue weighted by molar-refractivity contribution is 5.59. The van der Waals surface area contributed by atoms with Gasteiger partial charge in [-0.05, 0) is 18.2 Å². The normalized spacial score (nSPS) is 16.7. The van der Waals surface area contributed by atoms with E-state index < -0.39 is 0 Å². The predicted molar refractivity (Wildman–Crippen MR) is 109 cm³/mol. The average molecular weight is 395 g/mol. The molecule has 8 heteroatoms. The summed E-state index contributed by atoms with van der Waals surface area (Å²) in [5.41, 5.74) is 2.19. The van der Waals surface area contributed by atoms with Crippen LogP contribution >= 0.6 is 0 Å². The van der Waals surface area contributed by atoms with Crippen LogP contribution in [0.15, 0.2) is 53.6 Å². The minimum atomic E-state index is -0.340. The summed E-state index contributed by atoms with van der Waals surface area (Å²) in [6, 6.07) is 9.65. The third kappa shape index (κ3) is 3.84. The predicted octanol–water partition coefficient (Wildman–Crippen LogP) is 2.14. The Kier molecular flexibility index (Phi) is 5.26. The molecule has 0 bridgehead atoms. The Morgan fingerprint density at radius 2 is 2.00 bits per heavy atom. The topological polar surface area (TPSA) is 72.3 Å². The maximum Gasteiger partial charge on any atom is 0.255 e. The van der Waals surface area contributed by atoms with Crippen molar-refractivity contribution in [1.82, 2.24) is 19.9 Å². The molecule has 0 radical (unpaired) electrons. The monoisotopic (exact) mass is 395 g/mol. The second-order valence-corrected chi connectivity index (χ2v) is 6.91. The van der Waals surface area contributed by atoms with Gasteiger partial charge in [-0.15, -0.1) is 0 Å². The van der Waals surface area contributed by atoms with Crippen molar-refractivity contribution in [1.29, 1.82) is 0 Å². The molecule has 29 heavy (non-hydrogen) atoms. The molecule has 1 aromatic carbocycles. The van der Waals surface area contributed by atoms with Crippen molar-refractivity contribution in [3.63, 3.8) is 0 Å². The van der Waals surface area contributed by atoms with Gasteiger partial charge in [0, 0.05) is 62.3 Å². The maximum absolute atomic E-state index is 13.6. The molecular weight excluding hydrogens is 373 g/mol. The molecule has 3 heterocycles. The van der Waals surface area contributed by atoms with Crippen molar-refractivity contribution in [3.05, 3.63) is 70.5 Å². The van der Waals surface area contributed by atoms with Gasteiger partial charge in [-0.3, -0.25) is 14.3 Å². The molecule has 4 rings (SSSR count). The third-order valence-electron chi connectivity index (χ3n) is 5.12. The number of aromatic nitrogens is 3. The number of halogens is 1. The molecule has 3 aromatic rings. The molecule has 0 aliphatic carbocycles. The number of hydrogen-bond acceptors (Lipinski definition) is 6. The summed E-state index contributed by atoms with van der Waals surface area (Å²) in [6.45, 7) is 1.96. The lowest BCUT2D eigenvalue weighted by atomic mass is 10.0. The first-order valence-corrected chi connectivity index (χ1v) is 9.37. The van der Waals surface area contributed by atoms with Crippen LogP contribution in [0.3, 0.4) is 0 Å². The molecule has 1 atom stereocenters. The molecule has 1 aliphatic heterocycles. The zero-order valence-corrected chi connectivity index (χ0v) is 16.3. The molecule has 0 amide bonds. The van der Waals surface area contributed by atoms with Crippen LogP contribution in [0.2, 0.25) is 0 Å². The number of benzene rings is 1. The van der Waals surface area contributed by atoms with Crippen molar-refractivity contribution in [2.24, 2.45) is 7.05 Å². The molecule has 0 spiro atoms.